The number of amidine groups is 1. The lowest BCUT2D eigenvalue weighted by Gasteiger charge is -2.34. The quantitative estimate of drug-likeness (QED) is 0.738. The highest BCUT2D eigenvalue weighted by molar-refractivity contribution is 8.00. The molecule has 7 heteroatoms. The smallest absolute Gasteiger partial charge is 0.264 e. The van der Waals surface area contributed by atoms with Crippen molar-refractivity contribution >= 4 is 20.8 Å². The maximum atomic E-state index is 12.6. The summed E-state index contributed by atoms with van der Waals surface area (Å²) < 4.78 is 33.0. The Kier molecular flexibility index (Phi) is 6.45. The van der Waals surface area contributed by atoms with Gasteiger partial charge < -0.3 is 9.64 Å². The number of hydrogen-bond acceptors (Lipinski definition) is 5. The van der Waals surface area contributed by atoms with E-state index in [1.54, 1.807) is 31.4 Å². The summed E-state index contributed by atoms with van der Waals surface area (Å²) in [5.41, 5.74) is 1.32. The van der Waals surface area contributed by atoms with E-state index in [4.69, 9.17) is 4.74 Å². The normalized spacial score (nSPS) is 26.5. The fourth-order valence-corrected chi connectivity index (χ4v) is 5.81. The first-order valence-electron chi connectivity index (χ1n) is 9.95. The van der Waals surface area contributed by atoms with Crippen molar-refractivity contribution in [1.82, 2.24) is 9.62 Å². The standard InChI is InChI=1S/C21H31N3O3S/c1-15-12-16(2)14-24(13-15)11-5-10-22-21-17(3)20(28(25,26)23-21)18-6-8-19(27-4)9-7-18/h6-9,15-16H,5,10-14H2,1-4H3,(H,22,23). The third-order valence-corrected chi connectivity index (χ3v) is 6.94. The average Bonchev–Trinajstić information content (AvgIpc) is 2.86. The molecule has 6 nitrogen and oxygen atoms in total. The molecule has 0 saturated carbocycles. The molecule has 0 aromatic heterocycles. The summed E-state index contributed by atoms with van der Waals surface area (Å²) in [6, 6.07) is 7.05. The number of sulfonamides is 1. The first-order valence-corrected chi connectivity index (χ1v) is 11.4. The first kappa shape index (κ1) is 20.9. The number of aliphatic imine (C=N–C) groups is 1. The van der Waals surface area contributed by atoms with Gasteiger partial charge in [-0.2, -0.15) is 0 Å². The fourth-order valence-electron chi connectivity index (χ4n) is 4.29. The van der Waals surface area contributed by atoms with Crippen LogP contribution in [-0.4, -0.2) is 52.4 Å². The largest absolute Gasteiger partial charge is 0.497 e. The van der Waals surface area contributed by atoms with Crippen LogP contribution < -0.4 is 9.46 Å². The molecule has 0 aliphatic carbocycles. The summed E-state index contributed by atoms with van der Waals surface area (Å²) in [6.45, 7) is 10.3. The summed E-state index contributed by atoms with van der Waals surface area (Å²) in [6.07, 6.45) is 2.23. The number of nitrogens with one attached hydrogen (secondary N) is 1. The second-order valence-corrected chi connectivity index (χ2v) is 9.70. The lowest BCUT2D eigenvalue weighted by Crippen LogP contribution is -2.39. The highest BCUT2D eigenvalue weighted by Gasteiger charge is 2.32. The molecule has 2 atom stereocenters. The van der Waals surface area contributed by atoms with Crippen molar-refractivity contribution in [2.75, 3.05) is 33.3 Å². The van der Waals surface area contributed by atoms with E-state index in [0.717, 1.165) is 37.9 Å². The number of benzene rings is 1. The van der Waals surface area contributed by atoms with Crippen molar-refractivity contribution in [2.24, 2.45) is 16.8 Å². The Morgan fingerprint density at radius 2 is 1.82 bits per heavy atom. The van der Waals surface area contributed by atoms with E-state index >= 15 is 0 Å². The maximum absolute atomic E-state index is 12.6. The summed E-state index contributed by atoms with van der Waals surface area (Å²) >= 11 is 0. The van der Waals surface area contributed by atoms with Crippen molar-refractivity contribution in [2.45, 2.75) is 33.6 Å². The van der Waals surface area contributed by atoms with Crippen LogP contribution >= 0.6 is 0 Å². The Bertz CT molecular complexity index is 849. The van der Waals surface area contributed by atoms with Crippen molar-refractivity contribution in [3.63, 3.8) is 0 Å². The van der Waals surface area contributed by atoms with Gasteiger partial charge in [-0.3, -0.25) is 9.71 Å². The van der Waals surface area contributed by atoms with Gasteiger partial charge in [0.05, 0.1) is 7.11 Å². The van der Waals surface area contributed by atoms with Gasteiger partial charge in [-0.15, -0.1) is 0 Å². The molecular weight excluding hydrogens is 374 g/mol. The average molecular weight is 406 g/mol. The summed E-state index contributed by atoms with van der Waals surface area (Å²) in [4.78, 5) is 7.35. The predicted molar refractivity (Wildman–Crippen MR) is 114 cm³/mol. The summed E-state index contributed by atoms with van der Waals surface area (Å²) in [7, 11) is -2.00. The van der Waals surface area contributed by atoms with Gasteiger partial charge >= 0.3 is 0 Å². The Hall–Kier alpha value is -1.86. The van der Waals surface area contributed by atoms with Gasteiger partial charge in [-0.05, 0) is 68.0 Å². The van der Waals surface area contributed by atoms with E-state index in [0.29, 0.717) is 34.2 Å². The van der Waals surface area contributed by atoms with Crippen molar-refractivity contribution in [3.05, 3.63) is 35.4 Å². The van der Waals surface area contributed by atoms with Crippen LogP contribution in [0, 0.1) is 11.8 Å². The monoisotopic (exact) mass is 405 g/mol. The van der Waals surface area contributed by atoms with Gasteiger partial charge in [-0.1, -0.05) is 13.8 Å². The van der Waals surface area contributed by atoms with Gasteiger partial charge in [0.25, 0.3) is 10.0 Å². The molecule has 1 fully saturated rings. The second kappa shape index (κ2) is 8.66. The van der Waals surface area contributed by atoms with Gasteiger partial charge in [0.2, 0.25) is 0 Å². The zero-order chi connectivity index (χ0) is 20.3. The van der Waals surface area contributed by atoms with E-state index in [2.05, 4.69) is 28.5 Å². The van der Waals surface area contributed by atoms with Crippen molar-refractivity contribution in [1.29, 1.82) is 0 Å². The molecule has 1 saturated heterocycles. The van der Waals surface area contributed by atoms with Crippen LogP contribution in [0.5, 0.6) is 5.75 Å². The van der Waals surface area contributed by atoms with Gasteiger partial charge in [0.15, 0.2) is 0 Å². The molecule has 2 aliphatic rings. The maximum Gasteiger partial charge on any atom is 0.264 e. The van der Waals surface area contributed by atoms with E-state index in [1.165, 1.54) is 6.42 Å². The lowest BCUT2D eigenvalue weighted by atomic mass is 9.92. The molecule has 0 bridgehead atoms. The van der Waals surface area contributed by atoms with Crippen LogP contribution in [0.2, 0.25) is 0 Å². The molecule has 1 aromatic rings. The molecule has 1 aromatic carbocycles. The molecule has 2 aliphatic heterocycles. The highest BCUT2D eigenvalue weighted by atomic mass is 32.2. The Morgan fingerprint density at radius 1 is 1.18 bits per heavy atom. The molecule has 0 amide bonds. The SMILES string of the molecule is COc1ccc(C2=C(C)C(=NCCCN3CC(C)CC(C)C3)NS2(=O)=O)cc1. The van der Waals surface area contributed by atoms with Crippen molar-refractivity contribution < 1.29 is 13.2 Å². The minimum atomic E-state index is -3.58. The molecule has 28 heavy (non-hydrogen) atoms. The Balaban J connectivity index is 1.66. The van der Waals surface area contributed by atoms with Gasteiger partial charge in [-0.25, -0.2) is 8.42 Å². The number of methoxy groups -OCH3 is 1. The fraction of sp³-hybridized carbons (Fsp3) is 0.571. The zero-order valence-electron chi connectivity index (χ0n) is 17.2. The lowest BCUT2D eigenvalue weighted by molar-refractivity contribution is 0.140. The van der Waals surface area contributed by atoms with Crippen molar-refractivity contribution in [3.8, 4) is 5.75 Å². The van der Waals surface area contributed by atoms with Crippen LogP contribution in [0.4, 0.5) is 0 Å². The minimum absolute atomic E-state index is 0.299. The third kappa shape index (κ3) is 4.75. The molecule has 154 valence electrons. The van der Waals surface area contributed by atoms with E-state index < -0.39 is 10.0 Å². The molecule has 0 spiro atoms. The summed E-state index contributed by atoms with van der Waals surface area (Å²) in [5.74, 6) is 2.65. The molecule has 3 rings (SSSR count). The van der Waals surface area contributed by atoms with E-state index in [1.807, 2.05) is 6.92 Å². The molecule has 1 N–H and O–H groups in total. The molecule has 2 unspecified atom stereocenters. The number of hydrogen-bond donors (Lipinski definition) is 1. The van der Waals surface area contributed by atoms with Crippen LogP contribution in [0.15, 0.2) is 34.8 Å². The molecule has 2 heterocycles. The number of nitrogens with zero attached hydrogens (tertiary/aromatic N) is 2. The van der Waals surface area contributed by atoms with Gasteiger partial charge in [0, 0.05) is 25.2 Å². The highest BCUT2D eigenvalue weighted by Crippen LogP contribution is 2.30. The van der Waals surface area contributed by atoms with Crippen LogP contribution in [0.1, 0.15) is 39.2 Å². The number of ether oxygens (including phenoxy) is 1. The zero-order valence-corrected chi connectivity index (χ0v) is 18.1. The molecular formula is C21H31N3O3S. The molecule has 0 radical (unpaired) electrons. The van der Waals surface area contributed by atoms with E-state index in [-0.39, 0.29) is 0 Å². The Morgan fingerprint density at radius 3 is 2.43 bits per heavy atom. The predicted octanol–water partition coefficient (Wildman–Crippen LogP) is 3.13. The van der Waals surface area contributed by atoms with Crippen LogP contribution in [-0.2, 0) is 10.0 Å². The number of piperidine rings is 1. The topological polar surface area (TPSA) is 71.0 Å². The first-order chi connectivity index (χ1) is 13.3. The van der Waals surface area contributed by atoms with E-state index in [9.17, 15) is 8.42 Å². The van der Waals surface area contributed by atoms with Crippen LogP contribution in [0.25, 0.3) is 4.91 Å². The minimum Gasteiger partial charge on any atom is -0.497 e. The van der Waals surface area contributed by atoms with Gasteiger partial charge in [0.1, 0.15) is 16.5 Å². The van der Waals surface area contributed by atoms with Crippen LogP contribution in [0.3, 0.4) is 0 Å². The third-order valence-electron chi connectivity index (χ3n) is 5.39. The second-order valence-electron chi connectivity index (χ2n) is 8.08. The Labute approximate surface area is 168 Å². The number of likely N-dealkylation sites (tertiary alicyclic amines) is 1. The number of rotatable bonds is 6. The summed E-state index contributed by atoms with van der Waals surface area (Å²) in [5, 5.41) is 0.